The van der Waals surface area contributed by atoms with Crippen molar-refractivity contribution in [2.75, 3.05) is 13.1 Å². The third-order valence-corrected chi connectivity index (χ3v) is 5.05. The van der Waals surface area contributed by atoms with E-state index >= 15 is 0 Å². The molecule has 1 aliphatic carbocycles. The van der Waals surface area contributed by atoms with Gasteiger partial charge in [-0.25, -0.2) is 0 Å². The third kappa shape index (κ3) is 2.51. The van der Waals surface area contributed by atoms with Gasteiger partial charge in [-0.1, -0.05) is 37.8 Å². The number of piperidine rings is 1. The van der Waals surface area contributed by atoms with E-state index in [0.717, 1.165) is 0 Å². The number of hydrogen-bond donors (Lipinski definition) is 1. The fraction of sp³-hybridized carbons (Fsp3) is 0.647. The molecule has 1 aromatic rings. The lowest BCUT2D eigenvalue weighted by Gasteiger charge is -2.48. The topological polar surface area (TPSA) is 23.5 Å². The second-order valence-corrected chi connectivity index (χ2v) is 6.19. The minimum Gasteiger partial charge on any atom is -0.508 e. The van der Waals surface area contributed by atoms with Crippen LogP contribution in [0.5, 0.6) is 5.75 Å². The van der Waals surface area contributed by atoms with Gasteiger partial charge >= 0.3 is 0 Å². The molecule has 2 aliphatic rings. The van der Waals surface area contributed by atoms with E-state index in [0.29, 0.717) is 5.75 Å². The van der Waals surface area contributed by atoms with Crippen molar-refractivity contribution in [2.45, 2.75) is 56.9 Å². The molecule has 0 amide bonds. The molecule has 2 fully saturated rings. The highest BCUT2D eigenvalue weighted by atomic mass is 16.3. The fourth-order valence-electron chi connectivity index (χ4n) is 4.02. The normalized spacial score (nSPS) is 24.2. The standard InChI is InChI=1S/C17H25NO/c19-16-9-7-15(8-10-16)17(11-3-1-4-12-17)18-13-5-2-6-14-18/h7-10,19H,1-6,11-14H2. The van der Waals surface area contributed by atoms with Crippen molar-refractivity contribution in [1.29, 1.82) is 0 Å². The zero-order valence-corrected chi connectivity index (χ0v) is 11.8. The van der Waals surface area contributed by atoms with Gasteiger partial charge in [-0.3, -0.25) is 4.90 Å². The summed E-state index contributed by atoms with van der Waals surface area (Å²) in [5.41, 5.74) is 1.68. The summed E-state index contributed by atoms with van der Waals surface area (Å²) in [5.74, 6) is 0.383. The van der Waals surface area contributed by atoms with Crippen LogP contribution in [0.25, 0.3) is 0 Å². The summed E-state index contributed by atoms with van der Waals surface area (Å²) in [5, 5.41) is 9.54. The summed E-state index contributed by atoms with van der Waals surface area (Å²) < 4.78 is 0. The molecule has 1 saturated carbocycles. The van der Waals surface area contributed by atoms with E-state index in [1.807, 2.05) is 12.1 Å². The van der Waals surface area contributed by atoms with Crippen molar-refractivity contribution in [3.05, 3.63) is 29.8 Å². The molecular formula is C17H25NO. The van der Waals surface area contributed by atoms with Crippen LogP contribution in [0.4, 0.5) is 0 Å². The first-order valence-corrected chi connectivity index (χ1v) is 7.86. The lowest BCUT2D eigenvalue weighted by molar-refractivity contribution is 0.0303. The minimum atomic E-state index is 0.256. The van der Waals surface area contributed by atoms with Gasteiger partial charge in [0.2, 0.25) is 0 Å². The van der Waals surface area contributed by atoms with Crippen LogP contribution in [0.3, 0.4) is 0 Å². The summed E-state index contributed by atoms with van der Waals surface area (Å²) >= 11 is 0. The molecule has 0 spiro atoms. The van der Waals surface area contributed by atoms with Gasteiger partial charge in [0, 0.05) is 5.54 Å². The number of benzene rings is 1. The van der Waals surface area contributed by atoms with Gasteiger partial charge in [-0.2, -0.15) is 0 Å². The van der Waals surface area contributed by atoms with Crippen LogP contribution in [0.2, 0.25) is 0 Å². The maximum absolute atomic E-state index is 9.54. The van der Waals surface area contributed by atoms with Crippen molar-refractivity contribution in [2.24, 2.45) is 0 Å². The molecule has 0 atom stereocenters. The number of nitrogens with zero attached hydrogens (tertiary/aromatic N) is 1. The van der Waals surface area contributed by atoms with Crippen LogP contribution in [0.1, 0.15) is 56.9 Å². The van der Waals surface area contributed by atoms with E-state index in [9.17, 15) is 5.11 Å². The molecule has 2 nitrogen and oxygen atoms in total. The second kappa shape index (κ2) is 5.54. The molecule has 3 rings (SSSR count). The van der Waals surface area contributed by atoms with Gasteiger partial charge in [-0.05, 0) is 56.5 Å². The molecule has 19 heavy (non-hydrogen) atoms. The number of rotatable bonds is 2. The van der Waals surface area contributed by atoms with Crippen LogP contribution in [0, 0.1) is 0 Å². The maximum Gasteiger partial charge on any atom is 0.115 e. The minimum absolute atomic E-state index is 0.256. The van der Waals surface area contributed by atoms with Gasteiger partial charge in [0.25, 0.3) is 0 Å². The zero-order chi connectivity index (χ0) is 13.1. The first kappa shape index (κ1) is 13.0. The second-order valence-electron chi connectivity index (χ2n) is 6.19. The molecule has 0 radical (unpaired) electrons. The largest absolute Gasteiger partial charge is 0.508 e. The zero-order valence-electron chi connectivity index (χ0n) is 11.8. The van der Waals surface area contributed by atoms with E-state index < -0.39 is 0 Å². The quantitative estimate of drug-likeness (QED) is 0.866. The average molecular weight is 259 g/mol. The van der Waals surface area contributed by atoms with E-state index in [2.05, 4.69) is 17.0 Å². The summed E-state index contributed by atoms with van der Waals surface area (Å²) in [6, 6.07) is 8.01. The molecule has 0 unspecified atom stereocenters. The lowest BCUT2D eigenvalue weighted by Crippen LogP contribution is -2.49. The molecule has 2 heteroatoms. The van der Waals surface area contributed by atoms with Gasteiger partial charge in [0.1, 0.15) is 5.75 Å². The van der Waals surface area contributed by atoms with Crippen LogP contribution in [-0.2, 0) is 5.54 Å². The van der Waals surface area contributed by atoms with Crippen LogP contribution in [-0.4, -0.2) is 23.1 Å². The number of aromatic hydroxyl groups is 1. The maximum atomic E-state index is 9.54. The molecule has 104 valence electrons. The molecular weight excluding hydrogens is 234 g/mol. The van der Waals surface area contributed by atoms with Crippen molar-refractivity contribution < 1.29 is 5.11 Å². The Morgan fingerprint density at radius 3 is 2.00 bits per heavy atom. The summed E-state index contributed by atoms with van der Waals surface area (Å²) in [6.45, 7) is 2.50. The fourth-order valence-corrected chi connectivity index (χ4v) is 4.02. The average Bonchev–Trinajstić information content (AvgIpc) is 2.49. The van der Waals surface area contributed by atoms with Crippen molar-refractivity contribution in [1.82, 2.24) is 4.90 Å². The highest BCUT2D eigenvalue weighted by Crippen LogP contribution is 2.43. The number of phenolic OH excluding ortho intramolecular Hbond substituents is 1. The highest BCUT2D eigenvalue weighted by molar-refractivity contribution is 5.31. The molecule has 0 bridgehead atoms. The van der Waals surface area contributed by atoms with Gasteiger partial charge < -0.3 is 5.11 Å². The molecule has 1 N–H and O–H groups in total. The Labute approximate surface area is 116 Å². The van der Waals surface area contributed by atoms with E-state index in [1.165, 1.54) is 70.0 Å². The van der Waals surface area contributed by atoms with Gasteiger partial charge in [-0.15, -0.1) is 0 Å². The van der Waals surface area contributed by atoms with Gasteiger partial charge in [0.05, 0.1) is 0 Å². The third-order valence-electron chi connectivity index (χ3n) is 5.05. The Morgan fingerprint density at radius 2 is 1.37 bits per heavy atom. The van der Waals surface area contributed by atoms with Crippen LogP contribution < -0.4 is 0 Å². The molecule has 1 aromatic carbocycles. The number of phenols is 1. The molecule has 0 aromatic heterocycles. The SMILES string of the molecule is Oc1ccc(C2(N3CCCCC3)CCCCC2)cc1. The Bertz CT molecular complexity index is 400. The highest BCUT2D eigenvalue weighted by Gasteiger charge is 2.39. The Balaban J connectivity index is 1.93. The molecule has 1 aliphatic heterocycles. The number of likely N-dealkylation sites (tertiary alicyclic amines) is 1. The Morgan fingerprint density at radius 1 is 0.789 bits per heavy atom. The first-order chi connectivity index (χ1) is 9.31. The monoisotopic (exact) mass is 259 g/mol. The van der Waals surface area contributed by atoms with E-state index in [-0.39, 0.29) is 5.54 Å². The number of hydrogen-bond acceptors (Lipinski definition) is 2. The van der Waals surface area contributed by atoms with Crippen LogP contribution in [0.15, 0.2) is 24.3 Å². The summed E-state index contributed by atoms with van der Waals surface area (Å²) in [4.78, 5) is 2.74. The van der Waals surface area contributed by atoms with Gasteiger partial charge in [0.15, 0.2) is 0 Å². The summed E-state index contributed by atoms with van der Waals surface area (Å²) in [7, 11) is 0. The van der Waals surface area contributed by atoms with Crippen molar-refractivity contribution in [3.63, 3.8) is 0 Å². The first-order valence-electron chi connectivity index (χ1n) is 7.86. The smallest absolute Gasteiger partial charge is 0.115 e. The predicted molar refractivity (Wildman–Crippen MR) is 78.3 cm³/mol. The molecule has 1 saturated heterocycles. The predicted octanol–water partition coefficient (Wildman–Crippen LogP) is 4.04. The van der Waals surface area contributed by atoms with Crippen molar-refractivity contribution >= 4 is 0 Å². The van der Waals surface area contributed by atoms with E-state index in [4.69, 9.17) is 0 Å². The van der Waals surface area contributed by atoms with E-state index in [1.54, 1.807) is 0 Å². The lowest BCUT2D eigenvalue weighted by atomic mass is 9.74. The Kier molecular flexibility index (Phi) is 3.79. The summed E-state index contributed by atoms with van der Waals surface area (Å²) in [6.07, 6.45) is 10.7. The molecule has 1 heterocycles. The van der Waals surface area contributed by atoms with Crippen LogP contribution >= 0.6 is 0 Å². The Hall–Kier alpha value is -1.02. The van der Waals surface area contributed by atoms with Crippen molar-refractivity contribution in [3.8, 4) is 5.75 Å².